The van der Waals surface area contributed by atoms with Crippen LogP contribution >= 0.6 is 0 Å². The Bertz CT molecular complexity index is 2820. The molecule has 0 aliphatic carbocycles. The lowest BCUT2D eigenvalue weighted by Gasteiger charge is -2.45. The summed E-state index contributed by atoms with van der Waals surface area (Å²) in [4.78, 5) is 36.1. The highest BCUT2D eigenvalue weighted by molar-refractivity contribution is 5.92. The Hall–Kier alpha value is -6.12. The van der Waals surface area contributed by atoms with Gasteiger partial charge in [0.2, 0.25) is 46.2 Å². The molecule has 4 aromatic rings. The molecular weight excluding hydrogens is 873 g/mol. The average molecular weight is 923 g/mol. The van der Waals surface area contributed by atoms with E-state index >= 15 is 0 Å². The molecule has 24 heteroatoms. The average Bonchev–Trinajstić information content (AvgIpc) is 4.02. The minimum absolute atomic E-state index is 0.00142. The predicted molar refractivity (Wildman–Crippen MR) is 226 cm³/mol. The number of nitrogens with one attached hydrogen (secondary N) is 2. The van der Waals surface area contributed by atoms with Gasteiger partial charge in [0.1, 0.15) is 24.7 Å². The quantitative estimate of drug-likeness (QED) is 0.139. The second-order valence-electron chi connectivity index (χ2n) is 16.1. The number of nitrogens with zero attached hydrogens (tertiary/aromatic N) is 6. The van der Waals surface area contributed by atoms with Gasteiger partial charge in [-0.1, -0.05) is 0 Å². The third kappa shape index (κ3) is 6.49. The van der Waals surface area contributed by atoms with Crippen molar-refractivity contribution in [2.24, 2.45) is 0 Å². The van der Waals surface area contributed by atoms with Crippen molar-refractivity contribution in [3.8, 4) is 57.3 Å². The van der Waals surface area contributed by atoms with E-state index in [9.17, 15) is 10.2 Å². The van der Waals surface area contributed by atoms with Crippen LogP contribution in [0.3, 0.4) is 0 Å². The maximum Gasteiger partial charge on any atom is 0.273 e. The number of aromatic nitrogens is 8. The van der Waals surface area contributed by atoms with Gasteiger partial charge in [0, 0.05) is 84.2 Å². The molecule has 0 amide bonds. The monoisotopic (exact) mass is 922 g/mol. The van der Waals surface area contributed by atoms with Crippen LogP contribution in [0.4, 0.5) is 0 Å². The molecule has 5 aliphatic rings. The maximum absolute atomic E-state index is 9.85. The van der Waals surface area contributed by atoms with Crippen molar-refractivity contribution in [2.45, 2.75) is 76.3 Å². The van der Waals surface area contributed by atoms with Crippen LogP contribution < -0.4 is 28.4 Å². The molecule has 0 unspecified atom stereocenters. The van der Waals surface area contributed by atoms with Crippen LogP contribution in [0.2, 0.25) is 0 Å². The topological polar surface area (TPSA) is 279 Å². The Labute approximate surface area is 376 Å². The summed E-state index contributed by atoms with van der Waals surface area (Å²) in [7, 11) is 8.63. The van der Waals surface area contributed by atoms with Gasteiger partial charge in [-0.2, -0.15) is 0 Å². The number of fused-ring (bicyclic) bond motifs is 19. The standard InChI is InChI=1S/C42H50N8O16/c1-37(53-7)39(3,55-9)63-25-23(61-37)31-44-29-21-19(59-17-15-51)13-14-20(60-18-16-52)22(21)30(43-29)45-32-24-26(64-40(4,56-10)38(2,54-8)62-24)34(47-32)49-36-28-27(35(50-36)48-33(25)46-31)65-41(5,57-11)42(6,58-12)66-28/h13-14,51-52H,15-18H2,1-12H3,(H2,43,44,45,46,47,48,49,50)/t37-,38-,39-,40-,41-,42-/m1/s1. The van der Waals surface area contributed by atoms with Crippen molar-refractivity contribution >= 4 is 34.1 Å². The molecule has 0 radical (unpaired) electrons. The molecule has 0 saturated heterocycles. The molecule has 0 spiro atoms. The van der Waals surface area contributed by atoms with E-state index in [0.717, 1.165) is 0 Å². The van der Waals surface area contributed by atoms with Gasteiger partial charge in [-0.25, -0.2) is 29.9 Å². The zero-order chi connectivity index (χ0) is 47.2. The highest BCUT2D eigenvalue weighted by atomic mass is 16.8. The van der Waals surface area contributed by atoms with Crippen LogP contribution in [0.25, 0.3) is 56.9 Å². The number of ether oxygens (including phenoxy) is 14. The number of hydrogen-bond acceptors (Lipinski definition) is 22. The smallest absolute Gasteiger partial charge is 0.273 e. The van der Waals surface area contributed by atoms with Crippen molar-refractivity contribution in [1.82, 2.24) is 39.9 Å². The molecule has 354 valence electrons. The van der Waals surface area contributed by atoms with Crippen molar-refractivity contribution < 1.29 is 76.5 Å². The highest BCUT2D eigenvalue weighted by Crippen LogP contribution is 2.53. The number of rotatable bonds is 12. The zero-order valence-electron chi connectivity index (χ0n) is 38.3. The predicted octanol–water partition coefficient (Wildman–Crippen LogP) is 3.56. The molecule has 0 fully saturated rings. The number of benzene rings is 1. The first-order valence-corrected chi connectivity index (χ1v) is 20.6. The van der Waals surface area contributed by atoms with Gasteiger partial charge in [0.25, 0.3) is 34.7 Å². The molecule has 9 rings (SSSR count). The van der Waals surface area contributed by atoms with Gasteiger partial charge in [-0.15, -0.1) is 0 Å². The van der Waals surface area contributed by atoms with Crippen molar-refractivity contribution in [2.75, 3.05) is 69.1 Å². The van der Waals surface area contributed by atoms with E-state index in [2.05, 4.69) is 9.97 Å². The molecule has 8 heterocycles. The molecule has 8 bridgehead atoms. The summed E-state index contributed by atoms with van der Waals surface area (Å²) >= 11 is 0. The number of aromatic amines is 2. The first kappa shape index (κ1) is 45.1. The van der Waals surface area contributed by atoms with Crippen LogP contribution in [0, 0.1) is 0 Å². The fourth-order valence-electron chi connectivity index (χ4n) is 7.76. The molecule has 0 saturated carbocycles. The molecule has 1 aromatic carbocycles. The summed E-state index contributed by atoms with van der Waals surface area (Å²) in [5, 5.41) is 19.7. The van der Waals surface area contributed by atoms with Gasteiger partial charge >= 0.3 is 0 Å². The van der Waals surface area contributed by atoms with E-state index in [-0.39, 0.29) is 124 Å². The number of methoxy groups -OCH3 is 6. The third-order valence-electron chi connectivity index (χ3n) is 12.5. The molecular formula is C42H50N8O16. The molecule has 6 atom stereocenters. The number of hydrogen-bond donors (Lipinski definition) is 4. The Balaban J connectivity index is 1.45. The lowest BCUT2D eigenvalue weighted by molar-refractivity contribution is -0.359. The fourth-order valence-corrected chi connectivity index (χ4v) is 7.76. The minimum Gasteiger partial charge on any atom is -0.490 e. The minimum atomic E-state index is -1.57. The fraction of sp³-hybridized carbons (Fsp3) is 0.524. The Morgan fingerprint density at radius 2 is 0.712 bits per heavy atom. The lowest BCUT2D eigenvalue weighted by Crippen LogP contribution is -2.62. The Kier molecular flexibility index (Phi) is 10.8. The summed E-state index contributed by atoms with van der Waals surface area (Å²) in [5.41, 5.74) is 0.768. The summed E-state index contributed by atoms with van der Waals surface area (Å²) in [6.45, 7) is 8.99. The van der Waals surface area contributed by atoms with Gasteiger partial charge in [0.15, 0.2) is 34.2 Å². The highest BCUT2D eigenvalue weighted by Gasteiger charge is 2.59. The third-order valence-corrected chi connectivity index (χ3v) is 12.5. The molecule has 66 heavy (non-hydrogen) atoms. The number of aliphatic hydroxyl groups is 2. The van der Waals surface area contributed by atoms with Gasteiger partial charge in [-0.3, -0.25) is 0 Å². The number of aliphatic hydroxyl groups excluding tert-OH is 2. The molecule has 5 aliphatic heterocycles. The van der Waals surface area contributed by atoms with Crippen LogP contribution in [-0.4, -0.2) is 154 Å². The Morgan fingerprint density at radius 1 is 0.424 bits per heavy atom. The van der Waals surface area contributed by atoms with E-state index in [4.69, 9.17) is 96.2 Å². The van der Waals surface area contributed by atoms with E-state index in [1.54, 1.807) is 53.7 Å². The van der Waals surface area contributed by atoms with Crippen molar-refractivity contribution in [3.05, 3.63) is 23.8 Å². The second kappa shape index (κ2) is 15.8. The zero-order valence-corrected chi connectivity index (χ0v) is 38.3. The first-order valence-electron chi connectivity index (χ1n) is 20.6. The van der Waals surface area contributed by atoms with Crippen LogP contribution in [-0.2, 0) is 37.9 Å². The largest absolute Gasteiger partial charge is 0.490 e. The lowest BCUT2D eigenvalue weighted by atomic mass is 10.1. The first-order chi connectivity index (χ1) is 31.4. The van der Waals surface area contributed by atoms with Crippen LogP contribution in [0.5, 0.6) is 34.5 Å². The van der Waals surface area contributed by atoms with E-state index in [1.165, 1.54) is 42.7 Å². The summed E-state index contributed by atoms with van der Waals surface area (Å²) in [5.74, 6) is -8.76. The molecule has 4 N–H and O–H groups in total. The summed E-state index contributed by atoms with van der Waals surface area (Å²) in [6, 6.07) is 3.24. The normalized spacial score (nSPS) is 28.3. The van der Waals surface area contributed by atoms with E-state index < -0.39 is 34.7 Å². The van der Waals surface area contributed by atoms with Crippen molar-refractivity contribution in [1.29, 1.82) is 0 Å². The molecule has 3 aromatic heterocycles. The van der Waals surface area contributed by atoms with Crippen molar-refractivity contribution in [3.63, 3.8) is 0 Å². The van der Waals surface area contributed by atoms with Crippen LogP contribution in [0.1, 0.15) is 53.2 Å². The van der Waals surface area contributed by atoms with Crippen LogP contribution in [0.15, 0.2) is 12.1 Å². The summed E-state index contributed by atoms with van der Waals surface area (Å²) < 4.78 is 86.8. The van der Waals surface area contributed by atoms with Gasteiger partial charge < -0.3 is 86.5 Å². The SMILES string of the molecule is CO[C@]1(C)OC2=C(O[C@@]1(C)OC)c1nc2nc2nc(nc3[nH]c(nc4[nH]c(n1)c1c4O[C@@](C)(OC)[C@](C)(OC)O1)c1c3O[C@@](C)(OC)[C@](C)(OC)O1)-c1c(OCCO)ccc(OCCO)c1-2. The van der Waals surface area contributed by atoms with E-state index in [1.807, 2.05) is 0 Å². The maximum atomic E-state index is 9.85. The molecule has 24 nitrogen and oxygen atoms in total. The summed E-state index contributed by atoms with van der Waals surface area (Å²) in [6.07, 6.45) is 0. The van der Waals surface area contributed by atoms with Gasteiger partial charge in [0.05, 0.1) is 24.3 Å². The van der Waals surface area contributed by atoms with E-state index in [0.29, 0.717) is 5.56 Å². The number of H-pyrrole nitrogens is 2. The Morgan fingerprint density at radius 3 is 1.08 bits per heavy atom. The second-order valence-corrected chi connectivity index (χ2v) is 16.1. The van der Waals surface area contributed by atoms with Gasteiger partial charge in [-0.05, 0) is 12.1 Å².